The lowest BCUT2D eigenvalue weighted by Crippen LogP contribution is -2.22. The van der Waals surface area contributed by atoms with Crippen LogP contribution in [0.5, 0.6) is 0 Å². The number of aliphatic hydroxyl groups is 2. The van der Waals surface area contributed by atoms with Crippen LogP contribution in [0.25, 0.3) is 0 Å². The van der Waals surface area contributed by atoms with Gasteiger partial charge in [-0.2, -0.15) is 0 Å². The molecule has 0 spiro atoms. The fraction of sp³-hybridized carbons (Fsp3) is 0.333. The van der Waals surface area contributed by atoms with Gasteiger partial charge >= 0.3 is 23.9 Å². The lowest BCUT2D eigenvalue weighted by Gasteiger charge is -1.97. The van der Waals surface area contributed by atoms with Crippen LogP contribution < -0.4 is 5.73 Å². The van der Waals surface area contributed by atoms with Crippen molar-refractivity contribution >= 4 is 29.7 Å². The van der Waals surface area contributed by atoms with Crippen LogP contribution in [0.1, 0.15) is 12.8 Å². The van der Waals surface area contributed by atoms with E-state index in [0.29, 0.717) is 5.82 Å². The summed E-state index contributed by atoms with van der Waals surface area (Å²) in [4.78, 5) is 46.1. The molecule has 0 amide bonds. The Hall–Kier alpha value is -3.32. The van der Waals surface area contributed by atoms with E-state index >= 15 is 0 Å². The average molecular weight is 363 g/mol. The molecule has 1 aromatic rings. The van der Waals surface area contributed by atoms with Crippen LogP contribution in [0, 0.1) is 0 Å². The van der Waals surface area contributed by atoms with Crippen LogP contribution in [-0.4, -0.2) is 76.7 Å². The van der Waals surface area contributed by atoms with Gasteiger partial charge in [-0.1, -0.05) is 0 Å². The fourth-order valence-electron chi connectivity index (χ4n) is 0.806. The number of aliphatic carboxylic acids is 4. The molecule has 0 aliphatic carbocycles. The summed E-state index contributed by atoms with van der Waals surface area (Å²) in [6.45, 7) is 0. The van der Waals surface area contributed by atoms with Crippen LogP contribution >= 0.6 is 0 Å². The average Bonchev–Trinajstić information content (AvgIpc) is 2.47. The van der Waals surface area contributed by atoms with Crippen molar-refractivity contribution in [2.24, 2.45) is 0 Å². The summed E-state index contributed by atoms with van der Waals surface area (Å²) >= 11 is 0. The minimum Gasteiger partial charge on any atom is -0.481 e. The molecular formula is C12H17N3O10. The third-order valence-electron chi connectivity index (χ3n) is 1.91. The maximum atomic E-state index is 9.72. The van der Waals surface area contributed by atoms with Crippen LogP contribution in [0.4, 0.5) is 5.82 Å². The number of hydrogen-bond acceptors (Lipinski definition) is 9. The van der Waals surface area contributed by atoms with Gasteiger partial charge in [0, 0.05) is 6.20 Å². The summed E-state index contributed by atoms with van der Waals surface area (Å²) in [5.41, 5.74) is 5.21. The van der Waals surface area contributed by atoms with Crippen molar-refractivity contribution in [3.05, 3.63) is 18.6 Å². The van der Waals surface area contributed by atoms with E-state index in [1.54, 1.807) is 12.3 Å². The molecule has 0 aromatic carbocycles. The zero-order valence-corrected chi connectivity index (χ0v) is 12.6. The van der Waals surface area contributed by atoms with Gasteiger partial charge < -0.3 is 36.4 Å². The first-order chi connectivity index (χ1) is 11.5. The summed E-state index contributed by atoms with van der Waals surface area (Å²) in [6, 6.07) is 1.64. The first kappa shape index (κ1) is 23.9. The van der Waals surface area contributed by atoms with Crippen molar-refractivity contribution in [3.8, 4) is 0 Å². The SMILES string of the molecule is Nc1ccncn1.O=C(O)CC(O)C(=O)O.O=C(O)CC(O)C(=O)O. The number of anilines is 1. The number of nitrogen functional groups attached to an aromatic ring is 1. The molecule has 0 radical (unpaired) electrons. The first-order valence-electron chi connectivity index (χ1n) is 6.24. The number of carbonyl (C=O) groups is 4. The highest BCUT2D eigenvalue weighted by Gasteiger charge is 2.16. The fourth-order valence-corrected chi connectivity index (χ4v) is 0.806. The molecule has 1 aromatic heterocycles. The quantitative estimate of drug-likeness (QED) is 0.286. The van der Waals surface area contributed by atoms with Gasteiger partial charge in [0.2, 0.25) is 0 Å². The second-order valence-electron chi connectivity index (χ2n) is 4.04. The number of hydrogen-bond donors (Lipinski definition) is 7. The van der Waals surface area contributed by atoms with Gasteiger partial charge in [0.15, 0.2) is 12.2 Å². The minimum absolute atomic E-state index is 0.509. The van der Waals surface area contributed by atoms with Gasteiger partial charge in [0.1, 0.15) is 12.1 Å². The molecule has 0 saturated carbocycles. The number of carboxylic acids is 4. The Morgan fingerprint density at radius 3 is 1.44 bits per heavy atom. The summed E-state index contributed by atoms with van der Waals surface area (Å²) in [7, 11) is 0. The minimum atomic E-state index is -1.79. The van der Waals surface area contributed by atoms with E-state index < -0.39 is 48.9 Å². The number of aromatic nitrogens is 2. The number of rotatable bonds is 6. The normalized spacial score (nSPS) is 11.4. The molecule has 0 aliphatic heterocycles. The van der Waals surface area contributed by atoms with E-state index in [2.05, 4.69) is 9.97 Å². The van der Waals surface area contributed by atoms with Gasteiger partial charge in [-0.05, 0) is 6.07 Å². The van der Waals surface area contributed by atoms with Crippen LogP contribution in [-0.2, 0) is 19.2 Å². The molecule has 8 N–H and O–H groups in total. The molecule has 2 unspecified atom stereocenters. The van der Waals surface area contributed by atoms with Crippen LogP contribution in [0.3, 0.4) is 0 Å². The Balaban J connectivity index is 0. The third kappa shape index (κ3) is 16.9. The van der Waals surface area contributed by atoms with Gasteiger partial charge in [-0.3, -0.25) is 9.59 Å². The van der Waals surface area contributed by atoms with Crippen LogP contribution in [0.2, 0.25) is 0 Å². The van der Waals surface area contributed by atoms with Crippen molar-refractivity contribution in [3.63, 3.8) is 0 Å². The van der Waals surface area contributed by atoms with Gasteiger partial charge in [0.05, 0.1) is 12.8 Å². The zero-order chi connectivity index (χ0) is 20.0. The number of nitrogens with two attached hydrogens (primary N) is 1. The lowest BCUT2D eigenvalue weighted by atomic mass is 10.3. The molecule has 1 rings (SSSR count). The standard InChI is InChI=1S/C4H5N3.2C4H6O5/c5-4-1-2-6-3-7-4;2*5-2(4(8)9)1-3(6)7/h1-3H,(H2,5,6,7);2*2,5H,1H2,(H,6,7)(H,8,9). The van der Waals surface area contributed by atoms with Crippen molar-refractivity contribution in [1.29, 1.82) is 0 Å². The van der Waals surface area contributed by atoms with E-state index in [4.69, 9.17) is 36.4 Å². The Morgan fingerprint density at radius 2 is 1.32 bits per heavy atom. The van der Waals surface area contributed by atoms with Gasteiger partial charge in [0.25, 0.3) is 0 Å². The Kier molecular flexibility index (Phi) is 12.6. The molecule has 0 bridgehead atoms. The highest BCUT2D eigenvalue weighted by molar-refractivity contribution is 5.79. The van der Waals surface area contributed by atoms with E-state index in [0.717, 1.165) is 0 Å². The second-order valence-corrected chi connectivity index (χ2v) is 4.04. The molecule has 0 aliphatic rings. The summed E-state index contributed by atoms with van der Waals surface area (Å²) < 4.78 is 0. The molecule has 25 heavy (non-hydrogen) atoms. The predicted octanol–water partition coefficient (Wildman–Crippen LogP) is -2.13. The highest BCUT2D eigenvalue weighted by atomic mass is 16.4. The highest BCUT2D eigenvalue weighted by Crippen LogP contribution is 1.90. The smallest absolute Gasteiger partial charge is 0.333 e. The summed E-state index contributed by atoms with van der Waals surface area (Å²) in [6.07, 6.45) is -2.08. The molecule has 0 fully saturated rings. The third-order valence-corrected chi connectivity index (χ3v) is 1.91. The number of carboxylic acid groups (broad SMARTS) is 4. The Labute approximate surface area is 140 Å². The Morgan fingerprint density at radius 1 is 0.920 bits per heavy atom. The molecule has 140 valence electrons. The van der Waals surface area contributed by atoms with E-state index in [9.17, 15) is 19.2 Å². The molecule has 13 heteroatoms. The Bertz CT molecular complexity index is 534. The first-order valence-corrected chi connectivity index (χ1v) is 6.24. The van der Waals surface area contributed by atoms with Gasteiger partial charge in [-0.15, -0.1) is 0 Å². The number of aliphatic hydroxyl groups excluding tert-OH is 2. The molecule has 0 saturated heterocycles. The predicted molar refractivity (Wildman–Crippen MR) is 78.2 cm³/mol. The van der Waals surface area contributed by atoms with E-state index in [-0.39, 0.29) is 0 Å². The van der Waals surface area contributed by atoms with Crippen molar-refractivity contribution in [2.75, 3.05) is 5.73 Å². The maximum Gasteiger partial charge on any atom is 0.333 e. The molecule has 1 heterocycles. The van der Waals surface area contributed by atoms with E-state index in [1.807, 2.05) is 0 Å². The summed E-state index contributed by atoms with van der Waals surface area (Å²) in [5.74, 6) is -5.18. The van der Waals surface area contributed by atoms with Crippen molar-refractivity contribution in [1.82, 2.24) is 9.97 Å². The maximum absolute atomic E-state index is 9.72. The topological polar surface area (TPSA) is 241 Å². The molecule has 13 nitrogen and oxygen atoms in total. The second kappa shape index (κ2) is 13.1. The summed E-state index contributed by atoms with van der Waals surface area (Å²) in [5, 5.41) is 48.3. The van der Waals surface area contributed by atoms with Crippen molar-refractivity contribution < 1.29 is 49.8 Å². The van der Waals surface area contributed by atoms with E-state index in [1.165, 1.54) is 6.33 Å². The number of nitrogens with zero attached hydrogens (tertiary/aromatic N) is 2. The van der Waals surface area contributed by atoms with Crippen molar-refractivity contribution in [2.45, 2.75) is 25.0 Å². The molecular weight excluding hydrogens is 346 g/mol. The largest absolute Gasteiger partial charge is 0.481 e. The zero-order valence-electron chi connectivity index (χ0n) is 12.6. The van der Waals surface area contributed by atoms with Crippen LogP contribution in [0.15, 0.2) is 18.6 Å². The monoisotopic (exact) mass is 363 g/mol. The lowest BCUT2D eigenvalue weighted by molar-refractivity contribution is -0.153. The van der Waals surface area contributed by atoms with Gasteiger partial charge in [-0.25, -0.2) is 19.6 Å². The molecule has 2 atom stereocenters.